The van der Waals surface area contributed by atoms with E-state index in [9.17, 15) is 14.9 Å². The number of oxazole rings is 1. The first kappa shape index (κ1) is 17.9. The van der Waals surface area contributed by atoms with Gasteiger partial charge in [0.2, 0.25) is 5.75 Å². The minimum Gasteiger partial charge on any atom is -0.476 e. The molecular formula is C19H18N4O5. The van der Waals surface area contributed by atoms with Crippen LogP contribution in [0, 0.1) is 10.1 Å². The van der Waals surface area contributed by atoms with E-state index in [1.165, 1.54) is 18.3 Å². The molecule has 1 aromatic carbocycles. The number of nitrogens with zero attached hydrogens (tertiary/aromatic N) is 4. The van der Waals surface area contributed by atoms with Crippen molar-refractivity contribution in [3.63, 3.8) is 0 Å². The van der Waals surface area contributed by atoms with Crippen molar-refractivity contribution in [2.75, 3.05) is 19.7 Å². The second kappa shape index (κ2) is 7.63. The zero-order chi connectivity index (χ0) is 19.5. The summed E-state index contributed by atoms with van der Waals surface area (Å²) < 4.78 is 11.2. The van der Waals surface area contributed by atoms with E-state index in [0.29, 0.717) is 19.0 Å². The van der Waals surface area contributed by atoms with Gasteiger partial charge in [-0.15, -0.1) is 0 Å². The van der Waals surface area contributed by atoms with Crippen molar-refractivity contribution in [1.82, 2.24) is 14.9 Å². The third-order valence-corrected chi connectivity index (χ3v) is 4.78. The lowest BCUT2D eigenvalue weighted by molar-refractivity contribution is -0.390. The molecular weight excluding hydrogens is 364 g/mol. The quantitative estimate of drug-likeness (QED) is 0.492. The Kier molecular flexibility index (Phi) is 4.88. The fraction of sp³-hybridized carbons (Fsp3) is 0.316. The molecule has 0 radical (unpaired) electrons. The highest BCUT2D eigenvalue weighted by Crippen LogP contribution is 2.30. The fourth-order valence-corrected chi connectivity index (χ4v) is 3.30. The highest BCUT2D eigenvalue weighted by atomic mass is 16.6. The Hall–Kier alpha value is -3.49. The lowest BCUT2D eigenvalue weighted by Gasteiger charge is -2.30. The summed E-state index contributed by atoms with van der Waals surface area (Å²) in [6, 6.07) is 10.6. The maximum absolute atomic E-state index is 12.4. The lowest BCUT2D eigenvalue weighted by atomic mass is 9.97. The van der Waals surface area contributed by atoms with Gasteiger partial charge in [-0.2, -0.15) is 0 Å². The Balaban J connectivity index is 1.33. The Morgan fingerprint density at radius 2 is 2.04 bits per heavy atom. The third kappa shape index (κ3) is 3.64. The number of ether oxygens (including phenoxy) is 1. The van der Waals surface area contributed by atoms with E-state index in [0.717, 1.165) is 23.9 Å². The molecule has 0 atom stereocenters. The maximum atomic E-state index is 12.4. The van der Waals surface area contributed by atoms with Gasteiger partial charge in [0.1, 0.15) is 11.7 Å². The number of piperidine rings is 1. The summed E-state index contributed by atoms with van der Waals surface area (Å²) in [4.78, 5) is 32.6. The van der Waals surface area contributed by atoms with Crippen LogP contribution in [0.25, 0.3) is 11.1 Å². The molecule has 144 valence electrons. The first-order chi connectivity index (χ1) is 13.6. The SMILES string of the molecule is O=C(COc1cccnc1[N+](=O)[O-])N1CCC(c2nc3ccccc3o2)CC1. The molecule has 0 aliphatic carbocycles. The number of para-hydroxylation sites is 2. The van der Waals surface area contributed by atoms with Crippen LogP contribution in [-0.2, 0) is 4.79 Å². The molecule has 0 unspecified atom stereocenters. The van der Waals surface area contributed by atoms with Crippen LogP contribution in [0.5, 0.6) is 5.75 Å². The molecule has 1 aliphatic rings. The third-order valence-electron chi connectivity index (χ3n) is 4.78. The van der Waals surface area contributed by atoms with Crippen LogP contribution in [0.2, 0.25) is 0 Å². The van der Waals surface area contributed by atoms with Gasteiger partial charge in [0.25, 0.3) is 5.91 Å². The van der Waals surface area contributed by atoms with Gasteiger partial charge in [0, 0.05) is 19.0 Å². The summed E-state index contributed by atoms with van der Waals surface area (Å²) in [5, 5.41) is 11.0. The average molecular weight is 382 g/mol. The highest BCUT2D eigenvalue weighted by molar-refractivity contribution is 5.78. The van der Waals surface area contributed by atoms with Crippen molar-refractivity contribution in [3.8, 4) is 5.75 Å². The number of likely N-dealkylation sites (tertiary alicyclic amines) is 1. The van der Waals surface area contributed by atoms with Crippen LogP contribution < -0.4 is 4.74 Å². The molecule has 0 bridgehead atoms. The van der Waals surface area contributed by atoms with Gasteiger partial charge in [-0.1, -0.05) is 12.1 Å². The van der Waals surface area contributed by atoms with Crippen molar-refractivity contribution >= 4 is 22.8 Å². The fourth-order valence-electron chi connectivity index (χ4n) is 3.30. The first-order valence-electron chi connectivity index (χ1n) is 8.97. The number of nitro groups is 1. The van der Waals surface area contributed by atoms with E-state index in [1.54, 1.807) is 4.90 Å². The Morgan fingerprint density at radius 3 is 2.79 bits per heavy atom. The minimum atomic E-state index is -0.633. The Bertz CT molecular complexity index is 977. The molecule has 0 N–H and O–H groups in total. The monoisotopic (exact) mass is 382 g/mol. The normalized spacial score (nSPS) is 14.9. The van der Waals surface area contributed by atoms with Crippen molar-refractivity contribution in [1.29, 1.82) is 0 Å². The summed E-state index contributed by atoms with van der Waals surface area (Å²) in [7, 11) is 0. The van der Waals surface area contributed by atoms with E-state index in [1.807, 2.05) is 24.3 Å². The van der Waals surface area contributed by atoms with Crippen LogP contribution in [0.15, 0.2) is 47.0 Å². The summed E-state index contributed by atoms with van der Waals surface area (Å²) in [6.45, 7) is 0.849. The van der Waals surface area contributed by atoms with Crippen molar-refractivity contribution in [2.24, 2.45) is 0 Å². The zero-order valence-electron chi connectivity index (χ0n) is 15.0. The second-order valence-corrected chi connectivity index (χ2v) is 6.55. The number of amides is 1. The topological polar surface area (TPSA) is 112 Å². The number of hydrogen-bond donors (Lipinski definition) is 0. The lowest BCUT2D eigenvalue weighted by Crippen LogP contribution is -2.40. The highest BCUT2D eigenvalue weighted by Gasteiger charge is 2.27. The van der Waals surface area contributed by atoms with E-state index >= 15 is 0 Å². The zero-order valence-corrected chi connectivity index (χ0v) is 15.0. The Morgan fingerprint density at radius 1 is 1.25 bits per heavy atom. The largest absolute Gasteiger partial charge is 0.476 e. The standard InChI is InChI=1S/C19H18N4O5/c24-17(12-27-16-6-3-9-20-18(16)23(25)26)22-10-7-13(8-11-22)19-21-14-4-1-2-5-15(14)28-19/h1-6,9,13H,7-8,10-12H2. The number of carbonyl (C=O) groups is 1. The van der Waals surface area contributed by atoms with E-state index in [2.05, 4.69) is 9.97 Å². The van der Waals surface area contributed by atoms with Crippen LogP contribution >= 0.6 is 0 Å². The molecule has 0 spiro atoms. The van der Waals surface area contributed by atoms with Gasteiger partial charge < -0.3 is 24.2 Å². The first-order valence-corrected chi connectivity index (χ1v) is 8.97. The van der Waals surface area contributed by atoms with Crippen LogP contribution in [0.4, 0.5) is 5.82 Å². The molecule has 0 saturated carbocycles. The number of aromatic nitrogens is 2. The molecule has 28 heavy (non-hydrogen) atoms. The minimum absolute atomic E-state index is 0.0118. The van der Waals surface area contributed by atoms with E-state index in [-0.39, 0.29) is 24.2 Å². The van der Waals surface area contributed by atoms with Gasteiger partial charge in [-0.25, -0.2) is 4.98 Å². The number of fused-ring (bicyclic) bond motifs is 1. The number of rotatable bonds is 5. The summed E-state index contributed by atoms with van der Waals surface area (Å²) in [5.74, 6) is 0.244. The van der Waals surface area contributed by atoms with Crippen molar-refractivity contribution in [2.45, 2.75) is 18.8 Å². The number of benzene rings is 1. The van der Waals surface area contributed by atoms with Crippen LogP contribution in [0.3, 0.4) is 0 Å². The molecule has 1 saturated heterocycles. The summed E-state index contributed by atoms with van der Waals surface area (Å²) >= 11 is 0. The Labute approximate surface area is 160 Å². The predicted molar refractivity (Wildman–Crippen MR) is 99.0 cm³/mol. The van der Waals surface area contributed by atoms with Gasteiger partial charge in [-0.3, -0.25) is 4.79 Å². The van der Waals surface area contributed by atoms with E-state index < -0.39 is 10.7 Å². The number of pyridine rings is 1. The molecule has 2 aromatic heterocycles. The number of carbonyl (C=O) groups excluding carboxylic acids is 1. The molecule has 3 aromatic rings. The van der Waals surface area contributed by atoms with Gasteiger partial charge in [0.15, 0.2) is 18.1 Å². The summed E-state index contributed by atoms with van der Waals surface area (Å²) in [6.07, 6.45) is 2.79. The average Bonchev–Trinajstić information content (AvgIpc) is 3.16. The van der Waals surface area contributed by atoms with Crippen molar-refractivity contribution < 1.29 is 18.9 Å². The van der Waals surface area contributed by atoms with Crippen molar-refractivity contribution in [3.05, 3.63) is 58.6 Å². The summed E-state index contributed by atoms with van der Waals surface area (Å²) in [5.41, 5.74) is 1.60. The molecule has 3 heterocycles. The molecule has 4 rings (SSSR count). The molecule has 1 amide bonds. The van der Waals surface area contributed by atoms with Crippen LogP contribution in [-0.4, -0.2) is 45.4 Å². The second-order valence-electron chi connectivity index (χ2n) is 6.55. The van der Waals surface area contributed by atoms with Crippen LogP contribution in [0.1, 0.15) is 24.7 Å². The number of hydrogen-bond acceptors (Lipinski definition) is 7. The smallest absolute Gasteiger partial charge is 0.406 e. The predicted octanol–water partition coefficient (Wildman–Crippen LogP) is 2.92. The molecule has 9 nitrogen and oxygen atoms in total. The van der Waals surface area contributed by atoms with E-state index in [4.69, 9.17) is 9.15 Å². The van der Waals surface area contributed by atoms with Gasteiger partial charge in [-0.05, 0) is 47.0 Å². The molecule has 1 fully saturated rings. The maximum Gasteiger partial charge on any atom is 0.406 e. The molecule has 1 aliphatic heterocycles. The van der Waals surface area contributed by atoms with Gasteiger partial charge in [0.05, 0.1) is 0 Å². The van der Waals surface area contributed by atoms with Gasteiger partial charge >= 0.3 is 5.82 Å². The molecule has 9 heteroatoms.